The average molecular weight is 431 g/mol. The predicted molar refractivity (Wildman–Crippen MR) is 124 cm³/mol. The number of nitrogens with one attached hydrogen (secondary N) is 2. The topological polar surface area (TPSA) is 31.6 Å². The third-order valence-electron chi connectivity index (χ3n) is 6.17. The van der Waals surface area contributed by atoms with Crippen LogP contribution >= 0.6 is 11.6 Å². The molecule has 0 atom stereocenters. The zero-order valence-corrected chi connectivity index (χ0v) is 17.1. The van der Waals surface area contributed by atoms with Crippen LogP contribution in [0.15, 0.2) is 84.9 Å². The Bertz CT molecular complexity index is 1480. The first-order valence-corrected chi connectivity index (χ1v) is 10.4. The number of para-hydroxylation sites is 4. The van der Waals surface area contributed by atoms with E-state index in [4.69, 9.17) is 11.6 Å². The average Bonchev–Trinajstić information content (AvgIpc) is 3.36. The van der Waals surface area contributed by atoms with Gasteiger partial charge in [-0.15, -0.1) is 11.6 Å². The Balaban J connectivity index is 1.72. The standard InChI is InChI=1S/C26H17ClF2N2/c27-26(25(28)29,19-11-5-9-17-15-7-1-3-13-21(15)30-23(17)19)20-12-6-10-18-16-8-2-4-14-22(16)31-24(18)20/h1-14,25,30-31H. The van der Waals surface area contributed by atoms with Gasteiger partial charge in [-0.1, -0.05) is 72.8 Å². The van der Waals surface area contributed by atoms with Crippen LogP contribution < -0.4 is 0 Å². The Hall–Kier alpha value is -3.37. The molecule has 0 aliphatic carbocycles. The summed E-state index contributed by atoms with van der Waals surface area (Å²) in [6.07, 6.45) is -2.83. The second-order valence-electron chi connectivity index (χ2n) is 7.81. The molecule has 2 N–H and O–H groups in total. The van der Waals surface area contributed by atoms with Gasteiger partial charge < -0.3 is 9.97 Å². The van der Waals surface area contributed by atoms with E-state index in [9.17, 15) is 8.78 Å². The van der Waals surface area contributed by atoms with Crippen LogP contribution in [0.3, 0.4) is 0 Å². The van der Waals surface area contributed by atoms with Crippen LogP contribution in [-0.2, 0) is 4.87 Å². The fourth-order valence-electron chi connectivity index (χ4n) is 4.73. The molecule has 0 saturated heterocycles. The SMILES string of the molecule is FC(F)C(Cl)(c1cccc2c1[nH]c1ccccc12)c1cccc2c1[nH]c1ccccc12. The smallest absolute Gasteiger partial charge is 0.265 e. The van der Waals surface area contributed by atoms with Crippen LogP contribution in [0, 0.1) is 0 Å². The molecule has 2 nitrogen and oxygen atoms in total. The van der Waals surface area contributed by atoms with Crippen molar-refractivity contribution in [2.45, 2.75) is 11.3 Å². The summed E-state index contributed by atoms with van der Waals surface area (Å²) in [6.45, 7) is 0. The Morgan fingerprint density at radius 2 is 1.00 bits per heavy atom. The quantitative estimate of drug-likeness (QED) is 0.269. The normalized spacial score (nSPS) is 12.6. The first-order chi connectivity index (χ1) is 15.1. The molecule has 0 unspecified atom stereocenters. The largest absolute Gasteiger partial charge is 0.354 e. The van der Waals surface area contributed by atoms with Gasteiger partial charge in [-0.3, -0.25) is 0 Å². The minimum atomic E-state index is -2.83. The number of hydrogen-bond donors (Lipinski definition) is 2. The number of benzene rings is 4. The summed E-state index contributed by atoms with van der Waals surface area (Å²) in [6, 6.07) is 26.4. The first-order valence-electron chi connectivity index (χ1n) is 10.1. The van der Waals surface area contributed by atoms with E-state index >= 15 is 0 Å². The number of alkyl halides is 3. The Morgan fingerprint density at radius 3 is 1.45 bits per heavy atom. The Kier molecular flexibility index (Phi) is 3.90. The van der Waals surface area contributed by atoms with Gasteiger partial charge in [0.25, 0.3) is 6.43 Å². The van der Waals surface area contributed by atoms with Crippen LogP contribution in [0.5, 0.6) is 0 Å². The van der Waals surface area contributed by atoms with Crippen molar-refractivity contribution in [1.29, 1.82) is 0 Å². The van der Waals surface area contributed by atoms with Gasteiger partial charge in [0.2, 0.25) is 0 Å². The van der Waals surface area contributed by atoms with Gasteiger partial charge in [-0.05, 0) is 12.1 Å². The molecule has 2 aromatic heterocycles. The van der Waals surface area contributed by atoms with E-state index in [2.05, 4.69) is 9.97 Å². The molecule has 0 bridgehead atoms. The molecule has 0 radical (unpaired) electrons. The van der Waals surface area contributed by atoms with Crippen molar-refractivity contribution in [3.05, 3.63) is 96.1 Å². The summed E-state index contributed by atoms with van der Waals surface area (Å²) in [5.74, 6) is 0. The summed E-state index contributed by atoms with van der Waals surface area (Å²) >= 11 is 6.95. The molecule has 152 valence electrons. The minimum Gasteiger partial charge on any atom is -0.354 e. The number of fused-ring (bicyclic) bond motifs is 6. The van der Waals surface area contributed by atoms with Crippen molar-refractivity contribution in [3.8, 4) is 0 Å². The number of rotatable bonds is 3. The van der Waals surface area contributed by atoms with E-state index in [0.717, 1.165) is 32.6 Å². The zero-order valence-electron chi connectivity index (χ0n) is 16.3. The van der Waals surface area contributed by atoms with Crippen LogP contribution in [0.25, 0.3) is 43.6 Å². The maximum absolute atomic E-state index is 14.9. The molecule has 4 aromatic carbocycles. The molecule has 6 aromatic rings. The third-order valence-corrected chi connectivity index (χ3v) is 6.74. The number of H-pyrrole nitrogens is 2. The molecule has 0 aliphatic rings. The lowest BCUT2D eigenvalue weighted by atomic mass is 9.87. The van der Waals surface area contributed by atoms with E-state index in [1.54, 1.807) is 24.3 Å². The van der Waals surface area contributed by atoms with E-state index < -0.39 is 11.3 Å². The van der Waals surface area contributed by atoms with Crippen LogP contribution in [0.2, 0.25) is 0 Å². The van der Waals surface area contributed by atoms with Gasteiger partial charge in [0.05, 0.1) is 11.0 Å². The summed E-state index contributed by atoms with van der Waals surface area (Å²) < 4.78 is 29.7. The Labute approximate surface area is 181 Å². The van der Waals surface area contributed by atoms with Crippen molar-refractivity contribution in [2.24, 2.45) is 0 Å². The fraction of sp³-hybridized carbons (Fsp3) is 0.0769. The van der Waals surface area contributed by atoms with Gasteiger partial charge >= 0.3 is 0 Å². The second-order valence-corrected chi connectivity index (χ2v) is 8.41. The van der Waals surface area contributed by atoms with E-state index in [1.165, 1.54) is 0 Å². The number of hydrogen-bond acceptors (Lipinski definition) is 0. The second kappa shape index (κ2) is 6.56. The molecule has 0 amide bonds. The molecular formula is C26H17ClF2N2. The maximum atomic E-state index is 14.9. The van der Waals surface area contributed by atoms with E-state index in [1.807, 2.05) is 60.7 Å². The highest BCUT2D eigenvalue weighted by atomic mass is 35.5. The maximum Gasteiger partial charge on any atom is 0.265 e. The van der Waals surface area contributed by atoms with Crippen LogP contribution in [0.1, 0.15) is 11.1 Å². The van der Waals surface area contributed by atoms with Crippen molar-refractivity contribution in [3.63, 3.8) is 0 Å². The molecule has 5 heteroatoms. The summed E-state index contributed by atoms with van der Waals surface area (Å²) in [7, 11) is 0. The molecule has 0 aliphatic heterocycles. The monoisotopic (exact) mass is 430 g/mol. The summed E-state index contributed by atoms with van der Waals surface area (Å²) in [5, 5.41) is 3.72. The molecule has 31 heavy (non-hydrogen) atoms. The van der Waals surface area contributed by atoms with Crippen molar-refractivity contribution >= 4 is 55.2 Å². The summed E-state index contributed by atoms with van der Waals surface area (Å²) in [4.78, 5) is 4.62. The highest BCUT2D eigenvalue weighted by Gasteiger charge is 2.44. The predicted octanol–water partition coefficient (Wildman–Crippen LogP) is 7.70. The first kappa shape index (κ1) is 18.4. The van der Waals surface area contributed by atoms with Gasteiger partial charge in [-0.25, -0.2) is 8.78 Å². The highest BCUT2D eigenvalue weighted by molar-refractivity contribution is 6.29. The van der Waals surface area contributed by atoms with Gasteiger partial charge in [0.15, 0.2) is 4.87 Å². The zero-order chi connectivity index (χ0) is 21.2. The number of aromatic nitrogens is 2. The molecule has 2 heterocycles. The lowest BCUT2D eigenvalue weighted by Gasteiger charge is -2.28. The van der Waals surface area contributed by atoms with Crippen LogP contribution in [-0.4, -0.2) is 16.4 Å². The number of halogens is 3. The lowest BCUT2D eigenvalue weighted by molar-refractivity contribution is 0.112. The third kappa shape index (κ3) is 2.48. The van der Waals surface area contributed by atoms with Crippen molar-refractivity contribution < 1.29 is 8.78 Å². The van der Waals surface area contributed by atoms with Crippen LogP contribution in [0.4, 0.5) is 8.78 Å². The fourth-order valence-corrected chi connectivity index (χ4v) is 5.05. The number of aromatic amines is 2. The van der Waals surface area contributed by atoms with Crippen molar-refractivity contribution in [1.82, 2.24) is 9.97 Å². The lowest BCUT2D eigenvalue weighted by Crippen LogP contribution is -2.30. The van der Waals surface area contributed by atoms with Gasteiger partial charge in [0.1, 0.15) is 0 Å². The molecule has 0 saturated carbocycles. The minimum absolute atomic E-state index is 0.365. The molecule has 0 fully saturated rings. The van der Waals surface area contributed by atoms with E-state index in [-0.39, 0.29) is 0 Å². The highest BCUT2D eigenvalue weighted by Crippen LogP contribution is 2.48. The van der Waals surface area contributed by atoms with Gasteiger partial charge in [-0.2, -0.15) is 0 Å². The Morgan fingerprint density at radius 1 is 0.581 bits per heavy atom. The van der Waals surface area contributed by atoms with Crippen molar-refractivity contribution in [2.75, 3.05) is 0 Å². The molecule has 6 rings (SSSR count). The molecular weight excluding hydrogens is 414 g/mol. The summed E-state index contributed by atoms with van der Waals surface area (Å²) in [5.41, 5.74) is 3.77. The molecule has 0 spiro atoms. The van der Waals surface area contributed by atoms with E-state index in [0.29, 0.717) is 22.2 Å². The van der Waals surface area contributed by atoms with Gasteiger partial charge in [0, 0.05) is 43.7 Å².